The number of hydrogen-bond acceptors (Lipinski definition) is 5. The number of carbonyl (C=O) groups is 2. The van der Waals surface area contributed by atoms with Crippen molar-refractivity contribution in [2.24, 2.45) is 4.99 Å². The maximum Gasteiger partial charge on any atom is 0.367 e. The molecule has 0 radical (unpaired) electrons. The SMILES string of the molecule is O=C1OC2(CCCC2)OC(=O)C1=Nc1ccc(-c2ccccc2)cc1. The Bertz CT molecular complexity index is 812. The van der Waals surface area contributed by atoms with Crippen LogP contribution >= 0.6 is 0 Å². The van der Waals surface area contributed by atoms with Gasteiger partial charge in [0.25, 0.3) is 5.79 Å². The molecule has 4 rings (SSSR count). The van der Waals surface area contributed by atoms with Gasteiger partial charge >= 0.3 is 11.9 Å². The van der Waals surface area contributed by atoms with E-state index in [1.54, 1.807) is 12.1 Å². The van der Waals surface area contributed by atoms with Gasteiger partial charge in [0.15, 0.2) is 0 Å². The summed E-state index contributed by atoms with van der Waals surface area (Å²) in [6.07, 6.45) is 2.88. The second-order valence-electron chi connectivity index (χ2n) is 6.27. The van der Waals surface area contributed by atoms with Crippen molar-refractivity contribution in [1.29, 1.82) is 0 Å². The number of esters is 2. The summed E-state index contributed by atoms with van der Waals surface area (Å²) in [7, 11) is 0. The zero-order valence-corrected chi connectivity index (χ0v) is 13.6. The van der Waals surface area contributed by atoms with Crippen LogP contribution in [-0.4, -0.2) is 23.4 Å². The Hall–Kier alpha value is -2.95. The molecule has 5 heteroatoms. The van der Waals surface area contributed by atoms with Crippen LogP contribution in [0.25, 0.3) is 11.1 Å². The molecule has 1 saturated carbocycles. The van der Waals surface area contributed by atoms with Crippen LogP contribution in [0.5, 0.6) is 0 Å². The molecule has 1 aliphatic heterocycles. The third-order valence-corrected chi connectivity index (χ3v) is 4.52. The summed E-state index contributed by atoms with van der Waals surface area (Å²) in [4.78, 5) is 28.5. The highest BCUT2D eigenvalue weighted by molar-refractivity contribution is 6.63. The third kappa shape index (κ3) is 3.05. The van der Waals surface area contributed by atoms with E-state index in [1.807, 2.05) is 42.5 Å². The molecule has 25 heavy (non-hydrogen) atoms. The molecule has 1 aliphatic carbocycles. The van der Waals surface area contributed by atoms with Crippen molar-refractivity contribution in [1.82, 2.24) is 0 Å². The number of aliphatic imine (C=N–C) groups is 1. The lowest BCUT2D eigenvalue weighted by Crippen LogP contribution is -2.48. The monoisotopic (exact) mass is 335 g/mol. The maximum absolute atomic E-state index is 12.2. The Labute approximate surface area is 145 Å². The highest BCUT2D eigenvalue weighted by Crippen LogP contribution is 2.37. The average Bonchev–Trinajstić information content (AvgIpc) is 3.07. The topological polar surface area (TPSA) is 65.0 Å². The molecular formula is C20H17NO4. The molecule has 0 bridgehead atoms. The molecule has 2 aliphatic rings. The molecule has 0 atom stereocenters. The summed E-state index contributed by atoms with van der Waals surface area (Å²) >= 11 is 0. The van der Waals surface area contributed by atoms with Crippen LogP contribution in [0, 0.1) is 0 Å². The molecule has 2 aromatic rings. The highest BCUT2D eigenvalue weighted by atomic mass is 16.7. The van der Waals surface area contributed by atoms with Crippen LogP contribution in [0.15, 0.2) is 59.6 Å². The van der Waals surface area contributed by atoms with Crippen LogP contribution in [-0.2, 0) is 19.1 Å². The Balaban J connectivity index is 1.56. The van der Waals surface area contributed by atoms with Gasteiger partial charge in [0, 0.05) is 12.8 Å². The lowest BCUT2D eigenvalue weighted by atomic mass is 10.1. The molecule has 2 aromatic carbocycles. The Morgan fingerprint density at radius 2 is 1.32 bits per heavy atom. The zero-order chi connectivity index (χ0) is 17.3. The van der Waals surface area contributed by atoms with Gasteiger partial charge in [-0.3, -0.25) is 0 Å². The van der Waals surface area contributed by atoms with Gasteiger partial charge in [-0.05, 0) is 36.1 Å². The number of benzene rings is 2. The van der Waals surface area contributed by atoms with Crippen LogP contribution in [0.2, 0.25) is 0 Å². The van der Waals surface area contributed by atoms with Gasteiger partial charge < -0.3 is 9.47 Å². The van der Waals surface area contributed by atoms with Gasteiger partial charge in [0.2, 0.25) is 5.71 Å². The molecule has 2 fully saturated rings. The predicted molar refractivity (Wildman–Crippen MR) is 92.4 cm³/mol. The Kier molecular flexibility index (Phi) is 3.84. The van der Waals surface area contributed by atoms with Crippen molar-refractivity contribution in [3.05, 3.63) is 54.6 Å². The van der Waals surface area contributed by atoms with E-state index in [4.69, 9.17) is 9.47 Å². The second-order valence-corrected chi connectivity index (χ2v) is 6.27. The number of nitrogens with zero attached hydrogens (tertiary/aromatic N) is 1. The van der Waals surface area contributed by atoms with Crippen LogP contribution in [0.1, 0.15) is 25.7 Å². The predicted octanol–water partition coefficient (Wildman–Crippen LogP) is 3.80. The highest BCUT2D eigenvalue weighted by Gasteiger charge is 2.48. The molecule has 0 amide bonds. The van der Waals surface area contributed by atoms with Crippen molar-refractivity contribution in [2.75, 3.05) is 0 Å². The first-order valence-corrected chi connectivity index (χ1v) is 8.36. The third-order valence-electron chi connectivity index (χ3n) is 4.52. The quantitative estimate of drug-likeness (QED) is 0.783. The Morgan fingerprint density at radius 1 is 0.760 bits per heavy atom. The zero-order valence-electron chi connectivity index (χ0n) is 13.6. The van der Waals surface area contributed by atoms with Crippen molar-refractivity contribution < 1.29 is 19.1 Å². The van der Waals surface area contributed by atoms with Gasteiger partial charge in [-0.2, -0.15) is 0 Å². The van der Waals surface area contributed by atoms with Gasteiger partial charge in [-0.25, -0.2) is 14.6 Å². The summed E-state index contributed by atoms with van der Waals surface area (Å²) in [5, 5.41) is 0. The lowest BCUT2D eigenvalue weighted by molar-refractivity contribution is -0.225. The van der Waals surface area contributed by atoms with Crippen molar-refractivity contribution >= 4 is 23.3 Å². The molecule has 5 nitrogen and oxygen atoms in total. The van der Waals surface area contributed by atoms with Crippen LogP contribution in [0.4, 0.5) is 5.69 Å². The fraction of sp³-hybridized carbons (Fsp3) is 0.250. The number of rotatable bonds is 2. The fourth-order valence-electron chi connectivity index (χ4n) is 3.24. The van der Waals surface area contributed by atoms with Gasteiger partial charge in [0.1, 0.15) is 0 Å². The van der Waals surface area contributed by atoms with Crippen LogP contribution < -0.4 is 0 Å². The van der Waals surface area contributed by atoms with E-state index in [0.717, 1.165) is 24.0 Å². The van der Waals surface area contributed by atoms with E-state index >= 15 is 0 Å². The minimum atomic E-state index is -1.07. The van der Waals surface area contributed by atoms with Crippen molar-refractivity contribution in [3.63, 3.8) is 0 Å². The smallest absolute Gasteiger partial charge is 0.367 e. The summed E-state index contributed by atoms with van der Waals surface area (Å²) in [5.41, 5.74) is 2.32. The van der Waals surface area contributed by atoms with Crippen molar-refractivity contribution in [2.45, 2.75) is 31.5 Å². The van der Waals surface area contributed by atoms with Crippen molar-refractivity contribution in [3.8, 4) is 11.1 Å². The molecule has 0 N–H and O–H groups in total. The first-order valence-electron chi connectivity index (χ1n) is 8.36. The standard InChI is InChI=1S/C20H17NO4/c22-18-17(19(23)25-20(24-18)12-4-5-13-20)21-16-10-8-15(9-11-16)14-6-2-1-3-7-14/h1-3,6-11H,4-5,12-13H2. The normalized spacial score (nSPS) is 18.8. The minimum absolute atomic E-state index is 0.301. The molecule has 126 valence electrons. The average molecular weight is 335 g/mol. The molecule has 1 spiro atoms. The number of hydrogen-bond donors (Lipinski definition) is 0. The lowest BCUT2D eigenvalue weighted by Gasteiger charge is -2.32. The van der Waals surface area contributed by atoms with E-state index in [1.165, 1.54) is 0 Å². The Morgan fingerprint density at radius 3 is 1.92 bits per heavy atom. The largest absolute Gasteiger partial charge is 0.418 e. The maximum atomic E-state index is 12.2. The van der Waals surface area contributed by atoms with Gasteiger partial charge in [-0.1, -0.05) is 42.5 Å². The van der Waals surface area contributed by atoms with E-state index in [9.17, 15) is 9.59 Å². The fourth-order valence-corrected chi connectivity index (χ4v) is 3.24. The van der Waals surface area contributed by atoms with E-state index in [-0.39, 0.29) is 5.71 Å². The van der Waals surface area contributed by atoms with Gasteiger partial charge in [-0.15, -0.1) is 0 Å². The minimum Gasteiger partial charge on any atom is -0.418 e. The summed E-state index contributed by atoms with van der Waals surface area (Å²) < 4.78 is 10.7. The molecule has 1 heterocycles. The first-order chi connectivity index (χ1) is 12.2. The number of carbonyl (C=O) groups excluding carboxylic acids is 2. The summed E-state index contributed by atoms with van der Waals surface area (Å²) in [6.45, 7) is 0. The van der Waals surface area contributed by atoms with Gasteiger partial charge in [0.05, 0.1) is 5.69 Å². The summed E-state index contributed by atoms with van der Waals surface area (Å²) in [5.74, 6) is -2.47. The molecular weight excluding hydrogens is 318 g/mol. The molecule has 0 unspecified atom stereocenters. The molecule has 1 saturated heterocycles. The first kappa shape index (κ1) is 15.6. The summed E-state index contributed by atoms with van der Waals surface area (Å²) in [6, 6.07) is 17.2. The van der Waals surface area contributed by atoms with E-state index < -0.39 is 17.7 Å². The number of ether oxygens (including phenoxy) is 2. The van der Waals surface area contributed by atoms with E-state index in [0.29, 0.717) is 18.5 Å². The molecule has 0 aromatic heterocycles. The van der Waals surface area contributed by atoms with E-state index in [2.05, 4.69) is 4.99 Å². The van der Waals surface area contributed by atoms with Crippen LogP contribution in [0.3, 0.4) is 0 Å². The second kappa shape index (κ2) is 6.16.